The quantitative estimate of drug-likeness (QED) is 0.527. The van der Waals surface area contributed by atoms with Crippen LogP contribution in [0.5, 0.6) is 0 Å². The molecule has 5 rings (SSSR count). The number of anilines is 3. The van der Waals surface area contributed by atoms with E-state index in [1.165, 1.54) is 0 Å². The number of hydrogen-bond donors (Lipinski definition) is 2. The lowest BCUT2D eigenvalue weighted by molar-refractivity contribution is 0.122. The third-order valence-electron chi connectivity index (χ3n) is 4.89. The minimum absolute atomic E-state index is 0.671. The van der Waals surface area contributed by atoms with Crippen molar-refractivity contribution in [1.82, 2.24) is 20.2 Å². The zero-order valence-corrected chi connectivity index (χ0v) is 16.4. The molecule has 1 fully saturated rings. The van der Waals surface area contributed by atoms with Gasteiger partial charge in [0.1, 0.15) is 5.82 Å². The van der Waals surface area contributed by atoms with E-state index in [-0.39, 0.29) is 0 Å². The molecule has 1 aliphatic heterocycles. The first kappa shape index (κ1) is 17.9. The maximum Gasteiger partial charge on any atom is 0.228 e. The van der Waals surface area contributed by atoms with Gasteiger partial charge < -0.3 is 15.0 Å². The molecule has 146 valence electrons. The van der Waals surface area contributed by atoms with Gasteiger partial charge in [-0.05, 0) is 30.3 Å². The molecule has 0 spiro atoms. The predicted molar refractivity (Wildman–Crippen MR) is 115 cm³/mol. The van der Waals surface area contributed by atoms with Crippen LogP contribution in [0.3, 0.4) is 0 Å². The number of benzene rings is 2. The Bertz CT molecular complexity index is 1140. The molecule has 0 radical (unpaired) electrons. The van der Waals surface area contributed by atoms with Crippen molar-refractivity contribution in [2.24, 2.45) is 0 Å². The van der Waals surface area contributed by atoms with Crippen LogP contribution in [0.25, 0.3) is 22.2 Å². The standard InChI is InChI=1S/C21H19ClN6O/c22-14-4-6-15(7-5-14)24-20-12-19(16-2-1-3-18-17(16)13-23-27-18)25-21(26-20)28-8-10-29-11-9-28/h1-7,12-13H,8-11H2,(H,23,27)(H,24,25,26). The summed E-state index contributed by atoms with van der Waals surface area (Å²) in [5.74, 6) is 1.40. The van der Waals surface area contributed by atoms with E-state index in [9.17, 15) is 0 Å². The fourth-order valence-corrected chi connectivity index (χ4v) is 3.54. The summed E-state index contributed by atoms with van der Waals surface area (Å²) >= 11 is 6.01. The van der Waals surface area contributed by atoms with Crippen LogP contribution in [-0.2, 0) is 4.74 Å². The lowest BCUT2D eigenvalue weighted by atomic mass is 10.1. The number of fused-ring (bicyclic) bond motifs is 1. The molecule has 0 bridgehead atoms. The van der Waals surface area contributed by atoms with Gasteiger partial charge >= 0.3 is 0 Å². The average Bonchev–Trinajstić information content (AvgIpc) is 3.25. The molecule has 29 heavy (non-hydrogen) atoms. The van der Waals surface area contributed by atoms with Crippen LogP contribution in [-0.4, -0.2) is 46.5 Å². The number of aromatic nitrogens is 4. The number of ether oxygens (including phenoxy) is 1. The van der Waals surface area contributed by atoms with Gasteiger partial charge in [-0.2, -0.15) is 10.1 Å². The lowest BCUT2D eigenvalue weighted by Crippen LogP contribution is -2.37. The summed E-state index contributed by atoms with van der Waals surface area (Å²) in [6.45, 7) is 2.87. The number of halogens is 1. The Morgan fingerprint density at radius 3 is 2.69 bits per heavy atom. The van der Waals surface area contributed by atoms with Gasteiger partial charge in [0.05, 0.1) is 30.6 Å². The molecule has 2 aromatic carbocycles. The molecule has 0 saturated carbocycles. The molecule has 2 N–H and O–H groups in total. The van der Waals surface area contributed by atoms with Gasteiger partial charge in [0.2, 0.25) is 5.95 Å². The van der Waals surface area contributed by atoms with Gasteiger partial charge in [0, 0.05) is 40.8 Å². The third kappa shape index (κ3) is 3.74. The topological polar surface area (TPSA) is 79.0 Å². The first-order valence-electron chi connectivity index (χ1n) is 9.43. The second-order valence-electron chi connectivity index (χ2n) is 6.81. The molecule has 3 heterocycles. The number of aromatic amines is 1. The summed E-state index contributed by atoms with van der Waals surface area (Å²) in [7, 11) is 0. The van der Waals surface area contributed by atoms with Crippen LogP contribution >= 0.6 is 11.6 Å². The van der Waals surface area contributed by atoms with Crippen LogP contribution in [0.2, 0.25) is 5.02 Å². The second kappa shape index (κ2) is 7.69. The number of morpholine rings is 1. The van der Waals surface area contributed by atoms with Crippen LogP contribution < -0.4 is 10.2 Å². The highest BCUT2D eigenvalue weighted by atomic mass is 35.5. The monoisotopic (exact) mass is 406 g/mol. The summed E-state index contributed by atoms with van der Waals surface area (Å²) in [6.07, 6.45) is 1.83. The number of rotatable bonds is 4. The molecule has 1 saturated heterocycles. The van der Waals surface area contributed by atoms with E-state index in [0.29, 0.717) is 24.2 Å². The second-order valence-corrected chi connectivity index (χ2v) is 7.24. The van der Waals surface area contributed by atoms with Crippen molar-refractivity contribution >= 4 is 40.0 Å². The van der Waals surface area contributed by atoms with E-state index in [4.69, 9.17) is 26.3 Å². The van der Waals surface area contributed by atoms with Crippen LogP contribution in [0.1, 0.15) is 0 Å². The Kier molecular flexibility index (Phi) is 4.75. The normalized spacial score (nSPS) is 14.3. The Hall–Kier alpha value is -3.16. The summed E-state index contributed by atoms with van der Waals surface area (Å²) in [5, 5.41) is 12.3. The maximum atomic E-state index is 6.01. The van der Waals surface area contributed by atoms with Crippen LogP contribution in [0.15, 0.2) is 54.7 Å². The molecular formula is C21H19ClN6O. The van der Waals surface area contributed by atoms with Crippen molar-refractivity contribution in [3.8, 4) is 11.3 Å². The molecular weight excluding hydrogens is 388 g/mol. The molecule has 0 atom stereocenters. The molecule has 4 aromatic rings. The molecule has 0 unspecified atom stereocenters. The highest BCUT2D eigenvalue weighted by Crippen LogP contribution is 2.30. The fourth-order valence-electron chi connectivity index (χ4n) is 3.41. The Labute approximate surface area is 172 Å². The first-order chi connectivity index (χ1) is 14.3. The van der Waals surface area contributed by atoms with E-state index < -0.39 is 0 Å². The van der Waals surface area contributed by atoms with Gasteiger partial charge in [-0.3, -0.25) is 5.10 Å². The molecule has 0 aliphatic carbocycles. The van der Waals surface area contributed by atoms with Gasteiger partial charge in [0.15, 0.2) is 0 Å². The van der Waals surface area contributed by atoms with Crippen LogP contribution in [0, 0.1) is 0 Å². The first-order valence-corrected chi connectivity index (χ1v) is 9.81. The molecule has 8 heteroatoms. The van der Waals surface area contributed by atoms with Crippen LogP contribution in [0.4, 0.5) is 17.5 Å². The SMILES string of the molecule is Clc1ccc(Nc2cc(-c3cccc4[nH]ncc34)nc(N3CCOCC3)n2)cc1. The van der Waals surface area contributed by atoms with Gasteiger partial charge in [0.25, 0.3) is 0 Å². The summed E-state index contributed by atoms with van der Waals surface area (Å²) in [4.78, 5) is 11.8. The van der Waals surface area contributed by atoms with E-state index in [1.54, 1.807) is 0 Å². The number of hydrogen-bond acceptors (Lipinski definition) is 6. The highest BCUT2D eigenvalue weighted by molar-refractivity contribution is 6.30. The van der Waals surface area contributed by atoms with E-state index in [2.05, 4.69) is 26.5 Å². The maximum absolute atomic E-state index is 6.01. The van der Waals surface area contributed by atoms with Gasteiger partial charge in [-0.1, -0.05) is 23.7 Å². The Morgan fingerprint density at radius 2 is 1.86 bits per heavy atom. The zero-order valence-electron chi connectivity index (χ0n) is 15.6. The number of H-pyrrole nitrogens is 1. The largest absolute Gasteiger partial charge is 0.378 e. The molecule has 2 aromatic heterocycles. The van der Waals surface area contributed by atoms with Crippen molar-refractivity contribution < 1.29 is 4.74 Å². The minimum Gasteiger partial charge on any atom is -0.378 e. The van der Waals surface area contributed by atoms with Crippen molar-refractivity contribution in [2.75, 3.05) is 36.5 Å². The number of nitrogens with one attached hydrogen (secondary N) is 2. The van der Waals surface area contributed by atoms with E-state index in [0.717, 1.165) is 46.8 Å². The zero-order chi connectivity index (χ0) is 19.6. The fraction of sp³-hybridized carbons (Fsp3) is 0.190. The smallest absolute Gasteiger partial charge is 0.228 e. The highest BCUT2D eigenvalue weighted by Gasteiger charge is 2.17. The van der Waals surface area contributed by atoms with Crippen molar-refractivity contribution in [1.29, 1.82) is 0 Å². The lowest BCUT2D eigenvalue weighted by Gasteiger charge is -2.27. The van der Waals surface area contributed by atoms with E-state index in [1.807, 2.05) is 48.7 Å². The average molecular weight is 407 g/mol. The number of nitrogens with zero attached hydrogens (tertiary/aromatic N) is 4. The van der Waals surface area contributed by atoms with Crippen molar-refractivity contribution in [2.45, 2.75) is 0 Å². The Balaban J connectivity index is 1.59. The van der Waals surface area contributed by atoms with Gasteiger partial charge in [-0.15, -0.1) is 0 Å². The van der Waals surface area contributed by atoms with E-state index >= 15 is 0 Å². The summed E-state index contributed by atoms with van der Waals surface area (Å²) < 4.78 is 5.48. The Morgan fingerprint density at radius 1 is 1.03 bits per heavy atom. The van der Waals surface area contributed by atoms with Crippen molar-refractivity contribution in [3.05, 3.63) is 59.8 Å². The molecule has 1 aliphatic rings. The minimum atomic E-state index is 0.671. The molecule has 0 amide bonds. The predicted octanol–water partition coefficient (Wildman–Crippen LogP) is 4.25. The van der Waals surface area contributed by atoms with Crippen molar-refractivity contribution in [3.63, 3.8) is 0 Å². The summed E-state index contributed by atoms with van der Waals surface area (Å²) in [6, 6.07) is 15.6. The third-order valence-corrected chi connectivity index (χ3v) is 5.14. The molecule has 7 nitrogen and oxygen atoms in total. The van der Waals surface area contributed by atoms with Gasteiger partial charge in [-0.25, -0.2) is 4.98 Å². The summed E-state index contributed by atoms with van der Waals surface area (Å²) in [5.41, 5.74) is 3.73.